The van der Waals surface area contributed by atoms with E-state index in [-0.39, 0.29) is 10.9 Å². The zero-order chi connectivity index (χ0) is 38.4. The molecule has 0 aliphatic heterocycles. The monoisotopic (exact) mass is 766 g/mol. The Morgan fingerprint density at radius 2 is 0.654 bits per heavy atom. The number of methoxy groups -OCH3 is 6. The van der Waals surface area contributed by atoms with E-state index in [0.29, 0.717) is 22.6 Å². The Morgan fingerprint density at radius 3 is 0.942 bits per heavy atom. The van der Waals surface area contributed by atoms with Gasteiger partial charge in [-0.15, -0.1) is 0 Å². The number of benzene rings is 4. The maximum absolute atomic E-state index is 12.4. The second-order valence-electron chi connectivity index (χ2n) is 11.9. The number of alkyl halides is 3. The largest absolute Gasteiger partial charge is 0.496 e. The molecule has 0 heterocycles. The third-order valence-corrected chi connectivity index (χ3v) is 8.71. The van der Waals surface area contributed by atoms with Crippen molar-refractivity contribution in [3.8, 4) is 34.5 Å². The fourth-order valence-electron chi connectivity index (χ4n) is 6.16. The Bertz CT molecular complexity index is 2240. The fraction of sp³-hybridized carbons (Fsp3) is 0.268. The minimum absolute atomic E-state index is 0.111. The van der Waals surface area contributed by atoms with Gasteiger partial charge in [0.15, 0.2) is 15.8 Å². The van der Waals surface area contributed by atoms with Crippen molar-refractivity contribution in [1.82, 2.24) is 0 Å². The van der Waals surface area contributed by atoms with E-state index in [1.54, 1.807) is 54.4 Å². The molecule has 52 heavy (non-hydrogen) atoms. The van der Waals surface area contributed by atoms with Crippen LogP contribution in [0.3, 0.4) is 0 Å². The number of ether oxygens (including phenoxy) is 6. The molecule has 0 N–H and O–H groups in total. The second-order valence-corrected chi connectivity index (χ2v) is 13.9. The van der Waals surface area contributed by atoms with Crippen LogP contribution in [0.15, 0.2) is 70.3 Å². The molecule has 11 heteroatoms. The van der Waals surface area contributed by atoms with Crippen LogP contribution in [0, 0.1) is 27.7 Å². The molecule has 0 saturated heterocycles. The predicted octanol–water partition coefficient (Wildman–Crippen LogP) is 9.98. The molecule has 6 rings (SSSR count). The lowest BCUT2D eigenvalue weighted by Crippen LogP contribution is -2.04. The smallest absolute Gasteiger partial charge is 0.223 e. The van der Waals surface area contributed by atoms with Crippen LogP contribution in [0.5, 0.6) is 34.5 Å². The lowest BCUT2D eigenvalue weighted by atomic mass is 10.00. The van der Waals surface area contributed by atoms with Crippen LogP contribution >= 0.6 is 34.8 Å². The highest BCUT2D eigenvalue weighted by Crippen LogP contribution is 2.39. The summed E-state index contributed by atoms with van der Waals surface area (Å²) in [7, 11) is 9.62. The summed E-state index contributed by atoms with van der Waals surface area (Å²) in [5.74, 6) is 3.77. The van der Waals surface area contributed by atoms with Crippen molar-refractivity contribution >= 4 is 77.9 Å². The standard InChI is InChI=1S/2C20H20O4.CHCl3/c2*1-11-7-16-15(10-17(11)22-3)14-9-19(24-5)20(21)12(2)6-13(14)8-18(16)23-4;2-1(3)4/h2*6-10H,1-5H3;1H. The first-order valence-electron chi connectivity index (χ1n) is 16.0. The first-order valence-corrected chi connectivity index (χ1v) is 17.3. The molecule has 274 valence electrons. The first kappa shape index (κ1) is 40.1. The lowest BCUT2D eigenvalue weighted by Gasteiger charge is -2.12. The van der Waals surface area contributed by atoms with E-state index in [2.05, 4.69) is 0 Å². The predicted molar refractivity (Wildman–Crippen MR) is 215 cm³/mol. The molecule has 0 aliphatic carbocycles. The van der Waals surface area contributed by atoms with Gasteiger partial charge in [0.1, 0.15) is 23.0 Å². The van der Waals surface area contributed by atoms with E-state index in [1.165, 1.54) is 14.2 Å². The third-order valence-electron chi connectivity index (χ3n) is 8.71. The number of hydrogen-bond acceptors (Lipinski definition) is 8. The van der Waals surface area contributed by atoms with E-state index in [1.807, 2.05) is 62.4 Å². The van der Waals surface area contributed by atoms with Crippen LogP contribution in [-0.2, 0) is 0 Å². The topological polar surface area (TPSA) is 89.5 Å². The molecular formula is C41H41Cl3O8. The van der Waals surface area contributed by atoms with Crippen LogP contribution in [-0.4, -0.2) is 47.0 Å². The van der Waals surface area contributed by atoms with Crippen LogP contribution in [0.1, 0.15) is 22.3 Å². The normalized spacial score (nSPS) is 10.7. The van der Waals surface area contributed by atoms with Crippen LogP contribution in [0.2, 0.25) is 0 Å². The number of fused-ring (bicyclic) bond motifs is 6. The summed E-state index contributed by atoms with van der Waals surface area (Å²) < 4.78 is 31.9. The van der Waals surface area contributed by atoms with Crippen LogP contribution in [0.25, 0.3) is 43.1 Å². The van der Waals surface area contributed by atoms with Crippen molar-refractivity contribution in [1.29, 1.82) is 0 Å². The van der Waals surface area contributed by atoms with Crippen molar-refractivity contribution in [2.45, 2.75) is 32.0 Å². The summed E-state index contributed by atoms with van der Waals surface area (Å²) in [5.41, 5.74) is 3.08. The maximum atomic E-state index is 12.4. The molecule has 6 aromatic carbocycles. The SMILES string of the molecule is COc1cc2c(cc1C)c(OC)cc1cc(C)c(=O)c(OC)cc12.COc1cc2c(cc1C)c(OC)cc1cc(C)c(=O)c(OC)cc12.ClC(Cl)Cl. The molecule has 0 aliphatic rings. The van der Waals surface area contributed by atoms with Gasteiger partial charge in [-0.3, -0.25) is 9.59 Å². The molecule has 0 aromatic heterocycles. The summed E-state index contributed by atoms with van der Waals surface area (Å²) in [6.07, 6.45) is 0. The molecule has 0 amide bonds. The fourth-order valence-corrected chi connectivity index (χ4v) is 6.16. The van der Waals surface area contributed by atoms with E-state index in [9.17, 15) is 9.59 Å². The lowest BCUT2D eigenvalue weighted by molar-refractivity contribution is 0.411. The van der Waals surface area contributed by atoms with Crippen LogP contribution < -0.4 is 39.3 Å². The molecule has 0 fully saturated rings. The summed E-state index contributed by atoms with van der Waals surface area (Å²) in [6, 6.07) is 19.3. The maximum Gasteiger partial charge on any atom is 0.223 e. The van der Waals surface area contributed by atoms with E-state index < -0.39 is 4.30 Å². The van der Waals surface area contributed by atoms with Gasteiger partial charge in [-0.25, -0.2) is 0 Å². The molecular weight excluding hydrogens is 727 g/mol. The van der Waals surface area contributed by atoms with E-state index in [4.69, 9.17) is 63.2 Å². The average molecular weight is 768 g/mol. The van der Waals surface area contributed by atoms with Crippen molar-refractivity contribution in [2.75, 3.05) is 42.7 Å². The number of hydrogen-bond donors (Lipinski definition) is 0. The zero-order valence-electron chi connectivity index (χ0n) is 30.8. The Labute approximate surface area is 317 Å². The summed E-state index contributed by atoms with van der Waals surface area (Å²) >= 11 is 14.4. The highest BCUT2D eigenvalue weighted by atomic mass is 35.6. The van der Waals surface area contributed by atoms with Gasteiger partial charge in [-0.05, 0) is 132 Å². The van der Waals surface area contributed by atoms with Gasteiger partial charge in [0, 0.05) is 21.9 Å². The van der Waals surface area contributed by atoms with Gasteiger partial charge in [0.2, 0.25) is 10.9 Å². The summed E-state index contributed by atoms with van der Waals surface area (Å²) in [5, 5.41) is 7.55. The Kier molecular flexibility index (Phi) is 13.3. The average Bonchev–Trinajstić information content (AvgIpc) is 3.32. The summed E-state index contributed by atoms with van der Waals surface area (Å²) in [6.45, 7) is 7.56. The number of halogens is 3. The minimum Gasteiger partial charge on any atom is -0.496 e. The second kappa shape index (κ2) is 17.3. The molecule has 0 unspecified atom stereocenters. The first-order chi connectivity index (χ1) is 24.7. The molecule has 0 saturated carbocycles. The van der Waals surface area contributed by atoms with Crippen molar-refractivity contribution < 1.29 is 28.4 Å². The highest BCUT2D eigenvalue weighted by Gasteiger charge is 2.15. The number of rotatable bonds is 6. The van der Waals surface area contributed by atoms with E-state index in [0.717, 1.165) is 77.2 Å². The minimum atomic E-state index is -0.750. The van der Waals surface area contributed by atoms with E-state index >= 15 is 0 Å². The Hall–Kier alpha value is -4.63. The number of aryl methyl sites for hydroxylation is 4. The van der Waals surface area contributed by atoms with Gasteiger partial charge in [0.05, 0.1) is 42.7 Å². The van der Waals surface area contributed by atoms with Gasteiger partial charge in [0.25, 0.3) is 0 Å². The van der Waals surface area contributed by atoms with Crippen LogP contribution in [0.4, 0.5) is 0 Å². The van der Waals surface area contributed by atoms with Gasteiger partial charge in [-0.2, -0.15) is 0 Å². The van der Waals surface area contributed by atoms with Gasteiger partial charge < -0.3 is 28.4 Å². The molecule has 6 aromatic rings. The molecule has 0 spiro atoms. The van der Waals surface area contributed by atoms with Crippen molar-refractivity contribution in [2.24, 2.45) is 0 Å². The zero-order valence-corrected chi connectivity index (χ0v) is 33.0. The molecule has 0 atom stereocenters. The van der Waals surface area contributed by atoms with Gasteiger partial charge in [-0.1, -0.05) is 34.8 Å². The Morgan fingerprint density at radius 1 is 0.365 bits per heavy atom. The molecule has 0 radical (unpaired) electrons. The van der Waals surface area contributed by atoms with Crippen molar-refractivity contribution in [3.63, 3.8) is 0 Å². The quantitative estimate of drug-likeness (QED) is 0.155. The molecule has 0 bridgehead atoms. The van der Waals surface area contributed by atoms with Crippen molar-refractivity contribution in [3.05, 3.63) is 103 Å². The van der Waals surface area contributed by atoms with Gasteiger partial charge >= 0.3 is 0 Å². The third kappa shape index (κ3) is 8.36. The molecule has 8 nitrogen and oxygen atoms in total. The summed E-state index contributed by atoms with van der Waals surface area (Å²) in [4.78, 5) is 24.8. The highest BCUT2D eigenvalue weighted by molar-refractivity contribution is 6.63. The Balaban J connectivity index is 0.000000211.